The third-order valence-electron chi connectivity index (χ3n) is 2.62. The van der Waals surface area contributed by atoms with Gasteiger partial charge in [0, 0.05) is 17.1 Å². The highest BCUT2D eigenvalue weighted by atomic mass is 79.9. The van der Waals surface area contributed by atoms with E-state index in [1.54, 1.807) is 0 Å². The summed E-state index contributed by atoms with van der Waals surface area (Å²) in [5.41, 5.74) is 2.98. The van der Waals surface area contributed by atoms with E-state index in [0.717, 1.165) is 32.3 Å². The number of nitrogens with zero attached hydrogens (tertiary/aromatic N) is 2. The summed E-state index contributed by atoms with van der Waals surface area (Å²) in [7, 11) is 1.94. The lowest BCUT2D eigenvalue weighted by molar-refractivity contribution is 0.719. The molecule has 0 spiro atoms. The fourth-order valence-electron chi connectivity index (χ4n) is 1.77. The molecule has 1 aromatic heterocycles. The number of hydrogen-bond donors (Lipinski definition) is 0. The molecular formula is C12H11Br2ClN2. The van der Waals surface area contributed by atoms with E-state index in [1.807, 2.05) is 29.9 Å². The highest BCUT2D eigenvalue weighted by Crippen LogP contribution is 2.36. The van der Waals surface area contributed by atoms with Crippen molar-refractivity contribution in [3.05, 3.63) is 37.9 Å². The molecule has 1 heterocycles. The number of benzene rings is 1. The van der Waals surface area contributed by atoms with Crippen molar-refractivity contribution >= 4 is 43.5 Å². The summed E-state index contributed by atoms with van der Waals surface area (Å²) >= 11 is 13.3. The Labute approximate surface area is 122 Å². The molecule has 0 aliphatic heterocycles. The van der Waals surface area contributed by atoms with Crippen molar-refractivity contribution in [1.29, 1.82) is 0 Å². The zero-order valence-corrected chi connectivity index (χ0v) is 13.4. The van der Waals surface area contributed by atoms with Crippen LogP contribution < -0.4 is 0 Å². The van der Waals surface area contributed by atoms with Crippen LogP contribution in [0.2, 0.25) is 5.02 Å². The lowest BCUT2D eigenvalue weighted by Crippen LogP contribution is -1.96. The number of halogens is 3. The monoisotopic (exact) mass is 376 g/mol. The van der Waals surface area contributed by atoms with Crippen LogP contribution in [0.15, 0.2) is 27.1 Å². The molecule has 0 radical (unpaired) electrons. The summed E-state index contributed by atoms with van der Waals surface area (Å²) < 4.78 is 3.89. The molecule has 2 aromatic rings. The van der Waals surface area contributed by atoms with E-state index in [0.29, 0.717) is 5.02 Å². The molecular weight excluding hydrogens is 367 g/mol. The van der Waals surface area contributed by atoms with Crippen LogP contribution in [-0.2, 0) is 13.5 Å². The second-order valence-corrected chi connectivity index (χ2v) is 5.83. The Morgan fingerprint density at radius 1 is 1.35 bits per heavy atom. The van der Waals surface area contributed by atoms with Crippen molar-refractivity contribution in [2.24, 2.45) is 7.05 Å². The van der Waals surface area contributed by atoms with E-state index in [-0.39, 0.29) is 0 Å². The second-order valence-electron chi connectivity index (χ2n) is 3.71. The van der Waals surface area contributed by atoms with Crippen molar-refractivity contribution in [1.82, 2.24) is 9.78 Å². The fraction of sp³-hybridized carbons (Fsp3) is 0.250. The molecule has 0 N–H and O–H groups in total. The van der Waals surface area contributed by atoms with E-state index in [1.165, 1.54) is 0 Å². The molecule has 0 unspecified atom stereocenters. The van der Waals surface area contributed by atoms with Crippen molar-refractivity contribution in [2.45, 2.75) is 13.3 Å². The van der Waals surface area contributed by atoms with E-state index in [4.69, 9.17) is 11.6 Å². The zero-order valence-electron chi connectivity index (χ0n) is 9.47. The average molecular weight is 378 g/mol. The van der Waals surface area contributed by atoms with Gasteiger partial charge in [-0.15, -0.1) is 0 Å². The molecule has 0 saturated heterocycles. The van der Waals surface area contributed by atoms with Crippen molar-refractivity contribution in [3.8, 4) is 11.3 Å². The Morgan fingerprint density at radius 3 is 2.65 bits per heavy atom. The summed E-state index contributed by atoms with van der Waals surface area (Å²) in [5, 5.41) is 5.22. The predicted molar refractivity (Wildman–Crippen MR) is 78.4 cm³/mol. The molecule has 5 heteroatoms. The van der Waals surface area contributed by atoms with Gasteiger partial charge >= 0.3 is 0 Å². The van der Waals surface area contributed by atoms with Crippen molar-refractivity contribution in [2.75, 3.05) is 0 Å². The van der Waals surface area contributed by atoms with Crippen LogP contribution >= 0.6 is 43.5 Å². The second kappa shape index (κ2) is 5.12. The molecule has 0 atom stereocenters. The van der Waals surface area contributed by atoms with Crippen LogP contribution in [0.5, 0.6) is 0 Å². The van der Waals surface area contributed by atoms with Gasteiger partial charge < -0.3 is 0 Å². The minimum absolute atomic E-state index is 0.703. The van der Waals surface area contributed by atoms with Gasteiger partial charge in [-0.2, -0.15) is 5.10 Å². The summed E-state index contributed by atoms with van der Waals surface area (Å²) in [6.07, 6.45) is 0.926. The number of aryl methyl sites for hydroxylation is 1. The Hall–Kier alpha value is -0.320. The normalized spacial score (nSPS) is 10.9. The maximum absolute atomic E-state index is 6.22. The average Bonchev–Trinajstić information content (AvgIpc) is 2.57. The zero-order chi connectivity index (χ0) is 12.6. The van der Waals surface area contributed by atoms with Crippen LogP contribution in [0.4, 0.5) is 0 Å². The topological polar surface area (TPSA) is 17.8 Å². The summed E-state index contributed by atoms with van der Waals surface area (Å²) in [4.78, 5) is 0. The number of rotatable bonds is 2. The lowest BCUT2D eigenvalue weighted by atomic mass is 10.1. The molecule has 0 saturated carbocycles. The van der Waals surface area contributed by atoms with Gasteiger partial charge in [0.2, 0.25) is 0 Å². The number of hydrogen-bond acceptors (Lipinski definition) is 1. The predicted octanol–water partition coefficient (Wildman–Crippen LogP) is 4.83. The molecule has 2 nitrogen and oxygen atoms in total. The quantitative estimate of drug-likeness (QED) is 0.732. The first-order valence-electron chi connectivity index (χ1n) is 5.21. The molecule has 1 aromatic carbocycles. The minimum atomic E-state index is 0.703. The van der Waals surface area contributed by atoms with E-state index >= 15 is 0 Å². The van der Waals surface area contributed by atoms with Gasteiger partial charge in [-0.1, -0.05) is 34.5 Å². The fourth-order valence-corrected chi connectivity index (χ4v) is 3.17. The molecule has 2 rings (SSSR count). The Kier molecular flexibility index (Phi) is 3.95. The van der Waals surface area contributed by atoms with E-state index in [9.17, 15) is 0 Å². The molecule has 0 bridgehead atoms. The van der Waals surface area contributed by atoms with E-state index < -0.39 is 0 Å². The van der Waals surface area contributed by atoms with Gasteiger partial charge in [0.15, 0.2) is 0 Å². The van der Waals surface area contributed by atoms with Crippen LogP contribution in [0.3, 0.4) is 0 Å². The molecule has 0 fully saturated rings. The van der Waals surface area contributed by atoms with Gasteiger partial charge in [0.05, 0.1) is 15.2 Å². The van der Waals surface area contributed by atoms with E-state index in [2.05, 4.69) is 43.9 Å². The summed E-state index contributed by atoms with van der Waals surface area (Å²) in [5.74, 6) is 0. The van der Waals surface area contributed by atoms with Gasteiger partial charge in [-0.25, -0.2) is 0 Å². The highest BCUT2D eigenvalue weighted by molar-refractivity contribution is 9.11. The first-order chi connectivity index (χ1) is 8.04. The molecule has 0 amide bonds. The SMILES string of the molecule is CCc1c(Br)c(-c2cc(Br)ccc2Cl)nn1C. The van der Waals surface area contributed by atoms with Crippen molar-refractivity contribution < 1.29 is 0 Å². The minimum Gasteiger partial charge on any atom is -0.271 e. The molecule has 90 valence electrons. The third kappa shape index (κ3) is 2.44. The number of aromatic nitrogens is 2. The Balaban J connectivity index is 2.64. The molecule has 17 heavy (non-hydrogen) atoms. The van der Waals surface area contributed by atoms with Crippen molar-refractivity contribution in [3.63, 3.8) is 0 Å². The Morgan fingerprint density at radius 2 is 2.06 bits per heavy atom. The smallest absolute Gasteiger partial charge is 0.108 e. The van der Waals surface area contributed by atoms with Crippen LogP contribution in [0, 0.1) is 0 Å². The highest BCUT2D eigenvalue weighted by Gasteiger charge is 2.16. The van der Waals surface area contributed by atoms with Gasteiger partial charge in [-0.3, -0.25) is 4.68 Å². The van der Waals surface area contributed by atoms with Crippen LogP contribution in [0.1, 0.15) is 12.6 Å². The standard InChI is InChI=1S/C12H11Br2ClN2/c1-3-10-11(14)12(16-17(10)2)8-6-7(13)4-5-9(8)15/h4-6H,3H2,1-2H3. The maximum atomic E-state index is 6.22. The first-order valence-corrected chi connectivity index (χ1v) is 7.17. The summed E-state index contributed by atoms with van der Waals surface area (Å²) in [6, 6.07) is 5.77. The first kappa shape index (κ1) is 13.1. The molecule has 0 aliphatic carbocycles. The van der Waals surface area contributed by atoms with Gasteiger partial charge in [-0.05, 0) is 40.5 Å². The van der Waals surface area contributed by atoms with Gasteiger partial charge in [0.25, 0.3) is 0 Å². The lowest BCUT2D eigenvalue weighted by Gasteiger charge is -2.02. The Bertz CT molecular complexity index is 564. The third-order valence-corrected chi connectivity index (χ3v) is 4.28. The van der Waals surface area contributed by atoms with Crippen LogP contribution in [0.25, 0.3) is 11.3 Å². The van der Waals surface area contributed by atoms with Crippen LogP contribution in [-0.4, -0.2) is 9.78 Å². The van der Waals surface area contributed by atoms with Gasteiger partial charge in [0.1, 0.15) is 5.69 Å². The molecule has 0 aliphatic rings. The maximum Gasteiger partial charge on any atom is 0.108 e. The largest absolute Gasteiger partial charge is 0.271 e. The summed E-state index contributed by atoms with van der Waals surface area (Å²) in [6.45, 7) is 2.11.